The Bertz CT molecular complexity index is 592. The third kappa shape index (κ3) is 3.04. The minimum atomic E-state index is -1.02. The van der Waals surface area contributed by atoms with E-state index in [9.17, 15) is 4.79 Å². The molecule has 1 aromatic carbocycles. The summed E-state index contributed by atoms with van der Waals surface area (Å²) in [6.45, 7) is 0.321. The van der Waals surface area contributed by atoms with Crippen LogP contribution in [0.25, 0.3) is 0 Å². The van der Waals surface area contributed by atoms with E-state index in [2.05, 4.69) is 5.10 Å². The average molecular weight is 262 g/mol. The van der Waals surface area contributed by atoms with Crippen LogP contribution >= 0.6 is 0 Å². The minimum Gasteiger partial charge on any atom is -0.496 e. The lowest BCUT2D eigenvalue weighted by Crippen LogP contribution is -2.02. The number of aromatic nitrogens is 2. The van der Waals surface area contributed by atoms with Gasteiger partial charge in [0.05, 0.1) is 19.5 Å². The van der Waals surface area contributed by atoms with Gasteiger partial charge in [-0.3, -0.25) is 4.68 Å². The summed E-state index contributed by atoms with van der Waals surface area (Å²) < 4.78 is 12.2. The Morgan fingerprint density at radius 1 is 1.47 bits per heavy atom. The third-order valence-electron chi connectivity index (χ3n) is 2.58. The van der Waals surface area contributed by atoms with Gasteiger partial charge in [0, 0.05) is 7.05 Å². The van der Waals surface area contributed by atoms with Crippen molar-refractivity contribution in [2.45, 2.75) is 6.61 Å². The van der Waals surface area contributed by atoms with Crippen molar-refractivity contribution in [3.05, 3.63) is 41.7 Å². The Morgan fingerprint density at radius 2 is 2.26 bits per heavy atom. The molecule has 0 aliphatic rings. The Balaban J connectivity index is 2.11. The van der Waals surface area contributed by atoms with Crippen molar-refractivity contribution in [2.75, 3.05) is 7.11 Å². The maximum absolute atomic E-state index is 11.0. The van der Waals surface area contributed by atoms with E-state index in [0.717, 1.165) is 5.56 Å². The van der Waals surface area contributed by atoms with Crippen LogP contribution in [0.5, 0.6) is 11.5 Å². The van der Waals surface area contributed by atoms with Gasteiger partial charge in [0.25, 0.3) is 0 Å². The molecule has 0 bridgehead atoms. The van der Waals surface area contributed by atoms with Crippen molar-refractivity contribution in [1.29, 1.82) is 0 Å². The van der Waals surface area contributed by atoms with E-state index < -0.39 is 5.97 Å². The second kappa shape index (κ2) is 5.43. The number of ether oxygens (including phenoxy) is 2. The summed E-state index contributed by atoms with van der Waals surface area (Å²) in [6, 6.07) is 4.85. The Morgan fingerprint density at radius 3 is 2.84 bits per heavy atom. The highest BCUT2D eigenvalue weighted by atomic mass is 16.5. The zero-order chi connectivity index (χ0) is 13.8. The molecule has 6 nitrogen and oxygen atoms in total. The van der Waals surface area contributed by atoms with Crippen molar-refractivity contribution in [1.82, 2.24) is 9.78 Å². The molecule has 2 aromatic rings. The lowest BCUT2D eigenvalue weighted by atomic mass is 10.1. The van der Waals surface area contributed by atoms with Gasteiger partial charge in [-0.05, 0) is 17.7 Å². The first kappa shape index (κ1) is 12.9. The van der Waals surface area contributed by atoms with Crippen molar-refractivity contribution >= 4 is 5.97 Å². The number of methoxy groups -OCH3 is 1. The van der Waals surface area contributed by atoms with Gasteiger partial charge in [-0.1, -0.05) is 6.07 Å². The number of benzene rings is 1. The van der Waals surface area contributed by atoms with Crippen LogP contribution in [0.1, 0.15) is 15.9 Å². The van der Waals surface area contributed by atoms with Gasteiger partial charge >= 0.3 is 5.97 Å². The molecule has 0 saturated carbocycles. The number of hydrogen-bond donors (Lipinski definition) is 1. The van der Waals surface area contributed by atoms with Gasteiger partial charge in [0.2, 0.25) is 0 Å². The van der Waals surface area contributed by atoms with Crippen LogP contribution in [-0.4, -0.2) is 28.0 Å². The summed E-state index contributed by atoms with van der Waals surface area (Å²) in [5.41, 5.74) is 0.957. The summed E-state index contributed by atoms with van der Waals surface area (Å²) in [5.74, 6) is -0.0415. The summed E-state index contributed by atoms with van der Waals surface area (Å²) in [7, 11) is 3.24. The summed E-state index contributed by atoms with van der Waals surface area (Å²) in [5, 5.41) is 13.0. The standard InChI is InChI=1S/C13H14N2O4/c1-15-7-10(6-14-15)19-8-9-3-4-11(13(16)17)12(5-9)18-2/h3-7H,8H2,1-2H3,(H,16,17). The number of carbonyl (C=O) groups is 1. The monoisotopic (exact) mass is 262 g/mol. The van der Waals surface area contributed by atoms with Gasteiger partial charge in [-0.15, -0.1) is 0 Å². The summed E-state index contributed by atoms with van der Waals surface area (Å²) >= 11 is 0. The van der Waals surface area contributed by atoms with Crippen LogP contribution in [0.2, 0.25) is 0 Å². The largest absolute Gasteiger partial charge is 0.496 e. The van der Waals surface area contributed by atoms with Crippen LogP contribution in [0.3, 0.4) is 0 Å². The minimum absolute atomic E-state index is 0.132. The molecule has 0 unspecified atom stereocenters. The topological polar surface area (TPSA) is 73.6 Å². The molecule has 0 radical (unpaired) electrons. The van der Waals surface area contributed by atoms with Crippen LogP contribution in [0.4, 0.5) is 0 Å². The lowest BCUT2D eigenvalue weighted by molar-refractivity contribution is 0.0693. The van der Waals surface area contributed by atoms with Crippen molar-refractivity contribution in [3.8, 4) is 11.5 Å². The maximum Gasteiger partial charge on any atom is 0.339 e. The molecule has 1 heterocycles. The van der Waals surface area contributed by atoms with Gasteiger partial charge in [-0.25, -0.2) is 4.79 Å². The highest BCUT2D eigenvalue weighted by Gasteiger charge is 2.11. The molecular formula is C13H14N2O4. The van der Waals surface area contributed by atoms with E-state index in [-0.39, 0.29) is 5.56 Å². The van der Waals surface area contributed by atoms with E-state index in [1.165, 1.54) is 13.2 Å². The zero-order valence-corrected chi connectivity index (χ0v) is 10.7. The highest BCUT2D eigenvalue weighted by Crippen LogP contribution is 2.21. The summed E-state index contributed by atoms with van der Waals surface area (Å²) in [6.07, 6.45) is 3.37. The molecule has 0 fully saturated rings. The van der Waals surface area contributed by atoms with E-state index in [1.807, 2.05) is 0 Å². The Hall–Kier alpha value is -2.50. The van der Waals surface area contributed by atoms with Gasteiger partial charge < -0.3 is 14.6 Å². The third-order valence-corrected chi connectivity index (χ3v) is 2.58. The lowest BCUT2D eigenvalue weighted by Gasteiger charge is -2.08. The van der Waals surface area contributed by atoms with Crippen LogP contribution in [0.15, 0.2) is 30.6 Å². The van der Waals surface area contributed by atoms with E-state index in [4.69, 9.17) is 14.6 Å². The maximum atomic E-state index is 11.0. The van der Waals surface area contributed by atoms with Crippen molar-refractivity contribution < 1.29 is 19.4 Å². The number of nitrogens with zero attached hydrogens (tertiary/aromatic N) is 2. The quantitative estimate of drug-likeness (QED) is 0.887. The molecule has 0 aliphatic heterocycles. The first-order chi connectivity index (χ1) is 9.10. The smallest absolute Gasteiger partial charge is 0.339 e. The number of carboxylic acids is 1. The molecule has 2 rings (SSSR count). The molecule has 1 N–H and O–H groups in total. The van der Waals surface area contributed by atoms with Crippen LogP contribution in [-0.2, 0) is 13.7 Å². The number of carboxylic acid groups (broad SMARTS) is 1. The number of aromatic carboxylic acids is 1. The number of aryl methyl sites for hydroxylation is 1. The number of hydrogen-bond acceptors (Lipinski definition) is 4. The van der Waals surface area contributed by atoms with E-state index in [0.29, 0.717) is 18.1 Å². The molecule has 0 saturated heterocycles. The fourth-order valence-corrected chi connectivity index (χ4v) is 1.64. The number of rotatable bonds is 5. The Kier molecular flexibility index (Phi) is 3.70. The molecule has 0 amide bonds. The summed E-state index contributed by atoms with van der Waals surface area (Å²) in [4.78, 5) is 11.0. The van der Waals surface area contributed by atoms with E-state index >= 15 is 0 Å². The first-order valence-electron chi connectivity index (χ1n) is 5.62. The van der Waals surface area contributed by atoms with E-state index in [1.54, 1.807) is 36.3 Å². The van der Waals surface area contributed by atoms with Gasteiger partial charge in [0.15, 0.2) is 5.75 Å². The molecular weight excluding hydrogens is 248 g/mol. The zero-order valence-electron chi connectivity index (χ0n) is 10.7. The predicted octanol–water partition coefficient (Wildman–Crippen LogP) is 1.71. The highest BCUT2D eigenvalue weighted by molar-refractivity contribution is 5.90. The molecule has 0 aliphatic carbocycles. The Labute approximate surface area is 110 Å². The second-order valence-electron chi connectivity index (χ2n) is 3.98. The molecule has 6 heteroatoms. The normalized spacial score (nSPS) is 10.2. The first-order valence-corrected chi connectivity index (χ1v) is 5.62. The van der Waals surface area contributed by atoms with Gasteiger partial charge in [-0.2, -0.15) is 5.10 Å². The van der Waals surface area contributed by atoms with Crippen molar-refractivity contribution in [3.63, 3.8) is 0 Å². The van der Waals surface area contributed by atoms with Crippen molar-refractivity contribution in [2.24, 2.45) is 7.05 Å². The fraction of sp³-hybridized carbons (Fsp3) is 0.231. The SMILES string of the molecule is COc1cc(COc2cnn(C)c2)ccc1C(=O)O. The molecule has 0 spiro atoms. The van der Waals surface area contributed by atoms with Crippen LogP contribution in [0, 0.1) is 0 Å². The molecule has 100 valence electrons. The molecule has 19 heavy (non-hydrogen) atoms. The molecule has 0 atom stereocenters. The average Bonchev–Trinajstić information content (AvgIpc) is 2.81. The van der Waals surface area contributed by atoms with Gasteiger partial charge in [0.1, 0.15) is 17.9 Å². The fourth-order valence-electron chi connectivity index (χ4n) is 1.64. The molecule has 1 aromatic heterocycles. The predicted molar refractivity (Wildman–Crippen MR) is 67.5 cm³/mol. The van der Waals surface area contributed by atoms with Crippen LogP contribution < -0.4 is 9.47 Å². The second-order valence-corrected chi connectivity index (χ2v) is 3.98.